The number of hydrogen-bond acceptors (Lipinski definition) is 4. The van der Waals surface area contributed by atoms with Gasteiger partial charge in [0.15, 0.2) is 5.17 Å². The van der Waals surface area contributed by atoms with Crippen LogP contribution in [0.25, 0.3) is 0 Å². The summed E-state index contributed by atoms with van der Waals surface area (Å²) in [5.74, 6) is 1.25. The molecule has 84 valence electrons. The summed E-state index contributed by atoms with van der Waals surface area (Å²) in [4.78, 5) is 18.0. The first-order valence-corrected chi connectivity index (χ1v) is 6.54. The van der Waals surface area contributed by atoms with Gasteiger partial charge in [0.2, 0.25) is 5.91 Å². The molecule has 0 atom stereocenters. The molecule has 2 rings (SSSR count). The van der Waals surface area contributed by atoms with Gasteiger partial charge in [0, 0.05) is 18.8 Å². The van der Waals surface area contributed by atoms with Gasteiger partial charge in [-0.05, 0) is 19.3 Å². The second-order valence-corrected chi connectivity index (χ2v) is 4.91. The quantitative estimate of drug-likeness (QED) is 0.755. The maximum absolute atomic E-state index is 11.8. The fourth-order valence-corrected chi connectivity index (χ4v) is 2.58. The molecule has 4 nitrogen and oxygen atoms in total. The van der Waals surface area contributed by atoms with Crippen LogP contribution in [0.4, 0.5) is 0 Å². The minimum atomic E-state index is 0.213. The van der Waals surface area contributed by atoms with E-state index in [1.54, 1.807) is 11.8 Å². The van der Waals surface area contributed by atoms with Crippen molar-refractivity contribution < 1.29 is 4.79 Å². The predicted molar refractivity (Wildman–Crippen MR) is 63.2 cm³/mol. The normalized spacial score (nSPS) is 21.3. The number of amides is 1. The number of piperidine rings is 1. The van der Waals surface area contributed by atoms with Crippen LogP contribution in [0.1, 0.15) is 19.3 Å². The first-order chi connectivity index (χ1) is 7.36. The van der Waals surface area contributed by atoms with E-state index < -0.39 is 0 Å². The Morgan fingerprint density at radius 1 is 1.40 bits per heavy atom. The number of aliphatic imine (C=N–C) groups is 1. The molecular weight excluding hydrogens is 210 g/mol. The van der Waals surface area contributed by atoms with Gasteiger partial charge in [-0.2, -0.15) is 0 Å². The molecule has 2 aliphatic rings. The lowest BCUT2D eigenvalue weighted by Crippen LogP contribution is -2.41. The van der Waals surface area contributed by atoms with Crippen LogP contribution in [0.2, 0.25) is 0 Å². The lowest BCUT2D eigenvalue weighted by Gasteiger charge is -2.26. The Labute approximate surface area is 94.5 Å². The van der Waals surface area contributed by atoms with Gasteiger partial charge < -0.3 is 10.2 Å². The van der Waals surface area contributed by atoms with Crippen molar-refractivity contribution in [1.29, 1.82) is 0 Å². The van der Waals surface area contributed by atoms with E-state index in [-0.39, 0.29) is 5.91 Å². The molecule has 0 aromatic heterocycles. The second kappa shape index (κ2) is 5.39. The number of likely N-dealkylation sites (tertiary alicyclic amines) is 1. The molecule has 1 N–H and O–H groups in total. The van der Waals surface area contributed by atoms with Crippen molar-refractivity contribution in [3.63, 3.8) is 0 Å². The third-order valence-corrected chi connectivity index (χ3v) is 3.62. The molecule has 0 bridgehead atoms. The van der Waals surface area contributed by atoms with Crippen LogP contribution in [0.15, 0.2) is 4.99 Å². The molecule has 1 saturated heterocycles. The Morgan fingerprint density at radius 2 is 2.20 bits per heavy atom. The van der Waals surface area contributed by atoms with Crippen LogP contribution in [-0.2, 0) is 4.79 Å². The Morgan fingerprint density at radius 3 is 2.87 bits per heavy atom. The van der Waals surface area contributed by atoms with Gasteiger partial charge in [-0.25, -0.2) is 0 Å². The van der Waals surface area contributed by atoms with E-state index in [0.717, 1.165) is 43.4 Å². The average molecular weight is 227 g/mol. The molecule has 0 unspecified atom stereocenters. The van der Waals surface area contributed by atoms with Crippen LogP contribution in [0, 0.1) is 0 Å². The molecule has 0 spiro atoms. The summed E-state index contributed by atoms with van der Waals surface area (Å²) >= 11 is 1.70. The smallest absolute Gasteiger partial charge is 0.241 e. The van der Waals surface area contributed by atoms with Crippen LogP contribution in [-0.4, -0.2) is 47.9 Å². The van der Waals surface area contributed by atoms with Crippen molar-refractivity contribution in [2.45, 2.75) is 19.3 Å². The Bertz CT molecular complexity index is 261. The van der Waals surface area contributed by atoms with E-state index in [9.17, 15) is 4.79 Å². The number of carbonyl (C=O) groups is 1. The van der Waals surface area contributed by atoms with Crippen molar-refractivity contribution >= 4 is 22.8 Å². The fourth-order valence-electron chi connectivity index (χ4n) is 1.85. The molecule has 0 saturated carbocycles. The third-order valence-electron chi connectivity index (χ3n) is 2.69. The lowest BCUT2D eigenvalue weighted by molar-refractivity contribution is -0.130. The maximum Gasteiger partial charge on any atom is 0.241 e. The van der Waals surface area contributed by atoms with Gasteiger partial charge in [-0.15, -0.1) is 0 Å². The highest BCUT2D eigenvalue weighted by Crippen LogP contribution is 2.10. The van der Waals surface area contributed by atoms with Crippen molar-refractivity contribution in [3.05, 3.63) is 0 Å². The molecular formula is C10H17N3OS. The summed E-state index contributed by atoms with van der Waals surface area (Å²) < 4.78 is 0. The molecule has 2 aliphatic heterocycles. The van der Waals surface area contributed by atoms with Crippen molar-refractivity contribution in [3.8, 4) is 0 Å². The Kier molecular flexibility index (Phi) is 3.88. The molecule has 0 aromatic carbocycles. The summed E-state index contributed by atoms with van der Waals surface area (Å²) in [7, 11) is 0. The van der Waals surface area contributed by atoms with Gasteiger partial charge in [0.05, 0.1) is 13.1 Å². The highest BCUT2D eigenvalue weighted by atomic mass is 32.2. The van der Waals surface area contributed by atoms with Gasteiger partial charge in [0.25, 0.3) is 0 Å². The number of carbonyl (C=O) groups excluding carboxylic acids is 1. The van der Waals surface area contributed by atoms with Crippen LogP contribution in [0.3, 0.4) is 0 Å². The first kappa shape index (κ1) is 10.8. The summed E-state index contributed by atoms with van der Waals surface area (Å²) in [6, 6.07) is 0. The van der Waals surface area contributed by atoms with E-state index >= 15 is 0 Å². The van der Waals surface area contributed by atoms with Gasteiger partial charge in [-0.3, -0.25) is 9.79 Å². The van der Waals surface area contributed by atoms with Crippen molar-refractivity contribution in [2.75, 3.05) is 31.9 Å². The van der Waals surface area contributed by atoms with Crippen LogP contribution >= 0.6 is 11.8 Å². The van der Waals surface area contributed by atoms with E-state index in [0.29, 0.717) is 6.54 Å². The fraction of sp³-hybridized carbons (Fsp3) is 0.800. The highest BCUT2D eigenvalue weighted by molar-refractivity contribution is 8.14. The zero-order chi connectivity index (χ0) is 10.5. The largest absolute Gasteiger partial charge is 0.356 e. The van der Waals surface area contributed by atoms with Gasteiger partial charge in [0.1, 0.15) is 0 Å². The zero-order valence-electron chi connectivity index (χ0n) is 8.87. The summed E-state index contributed by atoms with van der Waals surface area (Å²) in [6.45, 7) is 3.15. The first-order valence-electron chi connectivity index (χ1n) is 5.55. The maximum atomic E-state index is 11.8. The predicted octanol–water partition coefficient (Wildman–Crippen LogP) is 0.691. The van der Waals surface area contributed by atoms with E-state index in [4.69, 9.17) is 0 Å². The van der Waals surface area contributed by atoms with Crippen molar-refractivity contribution in [1.82, 2.24) is 10.2 Å². The van der Waals surface area contributed by atoms with Gasteiger partial charge in [-0.1, -0.05) is 11.8 Å². The van der Waals surface area contributed by atoms with Crippen LogP contribution < -0.4 is 5.32 Å². The molecule has 0 aliphatic carbocycles. The van der Waals surface area contributed by atoms with Crippen molar-refractivity contribution in [2.24, 2.45) is 4.99 Å². The molecule has 1 fully saturated rings. The molecule has 0 radical (unpaired) electrons. The minimum Gasteiger partial charge on any atom is -0.356 e. The number of hydrogen-bond donors (Lipinski definition) is 1. The highest BCUT2D eigenvalue weighted by Gasteiger charge is 2.16. The number of nitrogens with one attached hydrogen (secondary N) is 1. The molecule has 15 heavy (non-hydrogen) atoms. The van der Waals surface area contributed by atoms with Crippen LogP contribution in [0.5, 0.6) is 0 Å². The molecule has 2 heterocycles. The number of rotatable bonds is 2. The molecule has 5 heteroatoms. The summed E-state index contributed by atoms with van der Waals surface area (Å²) in [6.07, 6.45) is 3.57. The Balaban J connectivity index is 1.71. The number of thioether (sulfide) groups is 1. The molecule has 1 amide bonds. The minimum absolute atomic E-state index is 0.213. The Hall–Kier alpha value is -0.710. The van der Waals surface area contributed by atoms with E-state index in [1.165, 1.54) is 6.42 Å². The topological polar surface area (TPSA) is 44.7 Å². The number of amidine groups is 1. The SMILES string of the molecule is O=C(CNC1=NCCS1)N1CCCCC1. The number of nitrogens with zero attached hydrogens (tertiary/aromatic N) is 2. The lowest BCUT2D eigenvalue weighted by atomic mass is 10.1. The van der Waals surface area contributed by atoms with Gasteiger partial charge >= 0.3 is 0 Å². The standard InChI is InChI=1S/C10H17N3OS/c14-9(13-5-2-1-3-6-13)8-12-10-11-4-7-15-10/h1-8H2,(H,11,12). The monoisotopic (exact) mass is 227 g/mol. The molecule has 0 aromatic rings. The zero-order valence-corrected chi connectivity index (χ0v) is 9.68. The summed E-state index contributed by atoms with van der Waals surface area (Å²) in [5, 5.41) is 4.03. The second-order valence-electron chi connectivity index (χ2n) is 3.83. The van der Waals surface area contributed by atoms with E-state index in [1.807, 2.05) is 4.90 Å². The third kappa shape index (κ3) is 3.12. The summed E-state index contributed by atoms with van der Waals surface area (Å²) in [5.41, 5.74) is 0. The average Bonchev–Trinajstić information content (AvgIpc) is 2.80. The van der Waals surface area contributed by atoms with E-state index in [2.05, 4.69) is 10.3 Å².